The normalized spacial score (nSPS) is 37.8. The second kappa shape index (κ2) is 10.7. The van der Waals surface area contributed by atoms with E-state index in [-0.39, 0.29) is 25.7 Å². The lowest BCUT2D eigenvalue weighted by Gasteiger charge is -2.54. The molecule has 0 radical (unpaired) electrons. The molecule has 2 N–H and O–H groups in total. The van der Waals surface area contributed by atoms with E-state index in [9.17, 15) is 29.4 Å². The molecule has 3 aliphatic rings. The lowest BCUT2D eigenvalue weighted by atomic mass is 9.57. The van der Waals surface area contributed by atoms with Crippen LogP contribution in [0.25, 0.3) is 0 Å². The fraction of sp³-hybridized carbons (Fsp3) is 0.724. The second-order valence-electron chi connectivity index (χ2n) is 12.0. The number of rotatable bonds is 4. The number of hydrogen-bond acceptors (Lipinski definition) is 10. The molecule has 39 heavy (non-hydrogen) atoms. The molecular formula is C29H42O10. The van der Waals surface area contributed by atoms with Gasteiger partial charge in [0.2, 0.25) is 0 Å². The van der Waals surface area contributed by atoms with Crippen LogP contribution in [0.1, 0.15) is 81.1 Å². The summed E-state index contributed by atoms with van der Waals surface area (Å²) >= 11 is 0. The van der Waals surface area contributed by atoms with Crippen LogP contribution in [-0.4, -0.2) is 70.2 Å². The van der Waals surface area contributed by atoms with Crippen molar-refractivity contribution in [2.75, 3.05) is 0 Å². The molecule has 0 aromatic heterocycles. The van der Waals surface area contributed by atoms with E-state index in [1.54, 1.807) is 13.8 Å². The first kappa shape index (κ1) is 30.8. The van der Waals surface area contributed by atoms with Gasteiger partial charge in [0.15, 0.2) is 12.2 Å². The van der Waals surface area contributed by atoms with Crippen LogP contribution in [0.15, 0.2) is 23.3 Å². The zero-order valence-electron chi connectivity index (χ0n) is 24.2. The van der Waals surface area contributed by atoms with E-state index in [1.165, 1.54) is 27.7 Å². The largest absolute Gasteiger partial charge is 0.462 e. The zero-order valence-corrected chi connectivity index (χ0v) is 24.2. The summed E-state index contributed by atoms with van der Waals surface area (Å²) in [6.45, 7) is 16.3. The van der Waals surface area contributed by atoms with Crippen molar-refractivity contribution in [3.8, 4) is 0 Å². The third-order valence-corrected chi connectivity index (χ3v) is 9.25. The first-order chi connectivity index (χ1) is 17.9. The lowest BCUT2D eigenvalue weighted by molar-refractivity contribution is -0.204. The summed E-state index contributed by atoms with van der Waals surface area (Å²) in [7, 11) is 0. The van der Waals surface area contributed by atoms with Crippen LogP contribution in [0.3, 0.4) is 0 Å². The highest BCUT2D eigenvalue weighted by Crippen LogP contribution is 2.60. The summed E-state index contributed by atoms with van der Waals surface area (Å²) in [4.78, 5) is 49.5. The number of ether oxygens (including phenoxy) is 4. The molecule has 0 unspecified atom stereocenters. The Labute approximate surface area is 229 Å². The van der Waals surface area contributed by atoms with Gasteiger partial charge in [-0.2, -0.15) is 0 Å². The molecule has 3 aliphatic carbocycles. The maximum atomic E-state index is 12.6. The maximum Gasteiger partial charge on any atom is 0.303 e. The number of aliphatic hydroxyl groups excluding tert-OH is 1. The molecule has 2 saturated carbocycles. The first-order valence-electron chi connectivity index (χ1n) is 13.4. The molecule has 10 heteroatoms. The minimum atomic E-state index is -1.45. The predicted molar refractivity (Wildman–Crippen MR) is 139 cm³/mol. The summed E-state index contributed by atoms with van der Waals surface area (Å²) in [5, 5.41) is 23.2. The molecule has 218 valence electrons. The van der Waals surface area contributed by atoms with E-state index in [0.29, 0.717) is 16.7 Å². The molecule has 2 bridgehead atoms. The standard InChI is InChI=1S/C29H42O10/c1-14-20-10-11-29(35)13-22(36-16(3)30)15(2)24(27(29,7)8)25(38-18(5)32)26(39-19(6)33)28(20,9)23(12-21(14)34)37-17(4)31/h20-23,25-26,34-35H,1,10-13H2,2-9H3/t20-,21+,22+,23+,25-,26+,28+,29+/m1/s1. The smallest absolute Gasteiger partial charge is 0.303 e. The predicted octanol–water partition coefficient (Wildman–Crippen LogP) is 2.93. The number of carbonyl (C=O) groups is 4. The van der Waals surface area contributed by atoms with Gasteiger partial charge in [-0.05, 0) is 42.4 Å². The number of carbonyl (C=O) groups excluding carboxylic acids is 4. The van der Waals surface area contributed by atoms with Gasteiger partial charge >= 0.3 is 23.9 Å². The van der Waals surface area contributed by atoms with Gasteiger partial charge in [0.25, 0.3) is 0 Å². The van der Waals surface area contributed by atoms with Crippen molar-refractivity contribution < 1.29 is 48.3 Å². The lowest BCUT2D eigenvalue weighted by Crippen LogP contribution is -2.62. The summed E-state index contributed by atoms with van der Waals surface area (Å²) in [6, 6.07) is 0. The molecule has 10 nitrogen and oxygen atoms in total. The van der Waals surface area contributed by atoms with Gasteiger partial charge in [-0.3, -0.25) is 19.2 Å². The Morgan fingerprint density at radius 2 is 1.44 bits per heavy atom. The zero-order chi connectivity index (χ0) is 29.7. The van der Waals surface area contributed by atoms with Gasteiger partial charge in [-0.25, -0.2) is 0 Å². The van der Waals surface area contributed by atoms with Crippen LogP contribution >= 0.6 is 0 Å². The average molecular weight is 551 g/mol. The summed E-state index contributed by atoms with van der Waals surface area (Å²) < 4.78 is 23.3. The number of hydrogen-bond donors (Lipinski definition) is 2. The molecule has 3 rings (SSSR count). The topological polar surface area (TPSA) is 146 Å². The minimum absolute atomic E-state index is 0.00225. The fourth-order valence-corrected chi connectivity index (χ4v) is 7.20. The SMILES string of the molecule is C=C1[C@H]2CC[C@]3(O)C[C@H](OC(C)=O)C(C)=C([C@@H](OC(C)=O)[C@H](OC(C)=O)[C@]2(C)[C@@H](OC(C)=O)C[C@@H]1O)C3(C)C. The maximum absolute atomic E-state index is 12.6. The Kier molecular flexibility index (Phi) is 8.45. The quantitative estimate of drug-likeness (QED) is 0.304. The summed E-state index contributed by atoms with van der Waals surface area (Å²) in [5.74, 6) is -3.06. The van der Waals surface area contributed by atoms with Crippen molar-refractivity contribution in [1.29, 1.82) is 0 Å². The highest BCUT2D eigenvalue weighted by molar-refractivity contribution is 5.69. The Balaban J connectivity index is 2.43. The van der Waals surface area contributed by atoms with Crippen LogP contribution in [0.5, 0.6) is 0 Å². The van der Waals surface area contributed by atoms with E-state index in [2.05, 4.69) is 6.58 Å². The van der Waals surface area contributed by atoms with Crippen LogP contribution in [0, 0.1) is 16.7 Å². The average Bonchev–Trinajstić information content (AvgIpc) is 2.78. The van der Waals surface area contributed by atoms with Crippen molar-refractivity contribution in [2.24, 2.45) is 16.7 Å². The van der Waals surface area contributed by atoms with Gasteiger partial charge in [-0.1, -0.05) is 27.4 Å². The van der Waals surface area contributed by atoms with Crippen molar-refractivity contribution in [1.82, 2.24) is 0 Å². The molecule has 2 fully saturated rings. The number of fused-ring (bicyclic) bond motifs is 3. The highest BCUT2D eigenvalue weighted by Gasteiger charge is 2.64. The number of aliphatic hydroxyl groups is 2. The third-order valence-electron chi connectivity index (χ3n) is 9.25. The van der Waals surface area contributed by atoms with Crippen LogP contribution in [0.4, 0.5) is 0 Å². The molecule has 0 aromatic carbocycles. The monoisotopic (exact) mass is 550 g/mol. The molecule has 0 aliphatic heterocycles. The molecular weight excluding hydrogens is 508 g/mol. The van der Waals surface area contributed by atoms with Crippen molar-refractivity contribution >= 4 is 23.9 Å². The van der Waals surface area contributed by atoms with E-state index < -0.39 is 76.7 Å². The van der Waals surface area contributed by atoms with Gasteiger partial charge in [-0.15, -0.1) is 0 Å². The minimum Gasteiger partial charge on any atom is -0.462 e. The van der Waals surface area contributed by atoms with Gasteiger partial charge < -0.3 is 29.2 Å². The molecule has 0 saturated heterocycles. The summed E-state index contributed by atoms with van der Waals surface area (Å²) in [6.07, 6.45) is -4.68. The van der Waals surface area contributed by atoms with Crippen molar-refractivity contribution in [3.63, 3.8) is 0 Å². The van der Waals surface area contributed by atoms with Crippen LogP contribution in [-0.2, 0) is 38.1 Å². The van der Waals surface area contributed by atoms with Crippen molar-refractivity contribution in [2.45, 2.75) is 117 Å². The second-order valence-corrected chi connectivity index (χ2v) is 12.0. The van der Waals surface area contributed by atoms with E-state index >= 15 is 0 Å². The van der Waals surface area contributed by atoms with Gasteiger partial charge in [0.05, 0.1) is 17.1 Å². The fourth-order valence-electron chi connectivity index (χ4n) is 7.20. The van der Waals surface area contributed by atoms with Gasteiger partial charge in [0.1, 0.15) is 12.2 Å². The Hall–Kier alpha value is -2.72. The van der Waals surface area contributed by atoms with E-state index in [4.69, 9.17) is 18.9 Å². The number of esters is 4. The summed E-state index contributed by atoms with van der Waals surface area (Å²) in [5.41, 5.74) is -2.23. The molecule has 8 atom stereocenters. The highest BCUT2D eigenvalue weighted by atomic mass is 16.6. The van der Waals surface area contributed by atoms with Gasteiger partial charge in [0, 0.05) is 46.0 Å². The first-order valence-corrected chi connectivity index (χ1v) is 13.4. The Morgan fingerprint density at radius 3 is 1.95 bits per heavy atom. The third kappa shape index (κ3) is 5.37. The molecule has 0 aromatic rings. The Bertz CT molecular complexity index is 1090. The van der Waals surface area contributed by atoms with Crippen molar-refractivity contribution in [3.05, 3.63) is 23.3 Å². The van der Waals surface area contributed by atoms with E-state index in [1.807, 2.05) is 13.8 Å². The Morgan fingerprint density at radius 1 is 0.897 bits per heavy atom. The molecule has 0 amide bonds. The van der Waals surface area contributed by atoms with Crippen LogP contribution in [0.2, 0.25) is 0 Å². The molecule has 0 spiro atoms. The van der Waals surface area contributed by atoms with E-state index in [0.717, 1.165) is 0 Å². The van der Waals surface area contributed by atoms with Crippen LogP contribution < -0.4 is 0 Å². The molecule has 0 heterocycles.